The third-order valence-corrected chi connectivity index (χ3v) is 3.31. The number of carboxylic acid groups (broad SMARTS) is 1. The summed E-state index contributed by atoms with van der Waals surface area (Å²) in [5.74, 6) is -0.361. The van der Waals surface area contributed by atoms with Gasteiger partial charge in [-0.3, -0.25) is 0 Å². The van der Waals surface area contributed by atoms with Crippen LogP contribution in [0, 0.1) is 0 Å². The van der Waals surface area contributed by atoms with Gasteiger partial charge in [0.15, 0.2) is 0 Å². The van der Waals surface area contributed by atoms with Crippen molar-refractivity contribution in [1.29, 1.82) is 0 Å². The van der Waals surface area contributed by atoms with Crippen LogP contribution in [-0.2, 0) is 6.61 Å². The van der Waals surface area contributed by atoms with Gasteiger partial charge in [-0.25, -0.2) is 4.79 Å². The van der Waals surface area contributed by atoms with Gasteiger partial charge in [-0.2, -0.15) is 0 Å². The molecule has 0 aromatic heterocycles. The van der Waals surface area contributed by atoms with E-state index in [0.717, 1.165) is 16.3 Å². The van der Waals surface area contributed by atoms with Crippen LogP contribution < -0.4 is 4.74 Å². The molecule has 0 saturated heterocycles. The molecule has 104 valence electrons. The number of hydrogen-bond acceptors (Lipinski definition) is 2. The molecule has 21 heavy (non-hydrogen) atoms. The van der Waals surface area contributed by atoms with Crippen molar-refractivity contribution in [3.8, 4) is 5.75 Å². The Balaban J connectivity index is 1.98. The zero-order chi connectivity index (χ0) is 14.7. The molecule has 0 amide bonds. The van der Waals surface area contributed by atoms with Gasteiger partial charge in [0.05, 0.1) is 5.56 Å². The first-order valence-corrected chi connectivity index (χ1v) is 6.67. The summed E-state index contributed by atoms with van der Waals surface area (Å²) in [7, 11) is 0. The number of ether oxygens (including phenoxy) is 1. The zero-order valence-corrected chi connectivity index (χ0v) is 11.3. The molecule has 0 aliphatic carbocycles. The minimum absolute atomic E-state index is 0.233. The fourth-order valence-corrected chi connectivity index (χ4v) is 2.25. The lowest BCUT2D eigenvalue weighted by molar-refractivity contribution is 0.0696. The maximum atomic E-state index is 11.2. The Labute approximate surface area is 122 Å². The predicted octanol–water partition coefficient (Wildman–Crippen LogP) is 4.12. The van der Waals surface area contributed by atoms with Gasteiger partial charge in [-0.05, 0) is 23.1 Å². The second kappa shape index (κ2) is 5.67. The van der Waals surface area contributed by atoms with Crippen LogP contribution in [0.1, 0.15) is 15.9 Å². The van der Waals surface area contributed by atoms with Gasteiger partial charge in [0, 0.05) is 5.39 Å². The normalized spacial score (nSPS) is 10.5. The smallest absolute Gasteiger partial charge is 0.335 e. The topological polar surface area (TPSA) is 46.5 Å². The van der Waals surface area contributed by atoms with Gasteiger partial charge in [0.1, 0.15) is 12.4 Å². The SMILES string of the molecule is O=C(O)c1cc(OCc2ccccc2)c2ccccc2c1. The van der Waals surface area contributed by atoms with Crippen molar-refractivity contribution >= 4 is 16.7 Å². The highest BCUT2D eigenvalue weighted by Crippen LogP contribution is 2.28. The summed E-state index contributed by atoms with van der Waals surface area (Å²) in [5.41, 5.74) is 1.28. The van der Waals surface area contributed by atoms with E-state index >= 15 is 0 Å². The van der Waals surface area contributed by atoms with Crippen molar-refractivity contribution in [2.24, 2.45) is 0 Å². The lowest BCUT2D eigenvalue weighted by Crippen LogP contribution is -2.00. The predicted molar refractivity (Wildman–Crippen MR) is 81.7 cm³/mol. The van der Waals surface area contributed by atoms with E-state index in [1.165, 1.54) is 0 Å². The van der Waals surface area contributed by atoms with Crippen LogP contribution in [0.15, 0.2) is 66.7 Å². The van der Waals surface area contributed by atoms with Crippen LogP contribution in [0.5, 0.6) is 5.75 Å². The van der Waals surface area contributed by atoms with Crippen molar-refractivity contribution in [3.05, 3.63) is 77.9 Å². The molecular formula is C18H14O3. The maximum Gasteiger partial charge on any atom is 0.335 e. The van der Waals surface area contributed by atoms with Gasteiger partial charge in [0.25, 0.3) is 0 Å². The van der Waals surface area contributed by atoms with Crippen molar-refractivity contribution in [3.63, 3.8) is 0 Å². The van der Waals surface area contributed by atoms with E-state index in [1.807, 2.05) is 54.6 Å². The molecule has 3 nitrogen and oxygen atoms in total. The Kier molecular flexibility index (Phi) is 3.56. The van der Waals surface area contributed by atoms with E-state index in [4.69, 9.17) is 4.74 Å². The van der Waals surface area contributed by atoms with Gasteiger partial charge in [-0.1, -0.05) is 54.6 Å². The van der Waals surface area contributed by atoms with Crippen LogP contribution >= 0.6 is 0 Å². The standard InChI is InChI=1S/C18H14O3/c19-18(20)15-10-14-8-4-5-9-16(14)17(11-15)21-12-13-6-2-1-3-7-13/h1-11H,12H2,(H,19,20). The number of hydrogen-bond donors (Lipinski definition) is 1. The van der Waals surface area contributed by atoms with E-state index in [0.29, 0.717) is 12.4 Å². The molecule has 0 fully saturated rings. The Hall–Kier alpha value is -2.81. The van der Waals surface area contributed by atoms with Crippen molar-refractivity contribution in [1.82, 2.24) is 0 Å². The highest BCUT2D eigenvalue weighted by atomic mass is 16.5. The molecule has 0 atom stereocenters. The molecule has 3 rings (SSSR count). The van der Waals surface area contributed by atoms with Crippen LogP contribution in [0.3, 0.4) is 0 Å². The van der Waals surface area contributed by atoms with E-state index in [1.54, 1.807) is 12.1 Å². The lowest BCUT2D eigenvalue weighted by atomic mass is 10.1. The van der Waals surface area contributed by atoms with Crippen LogP contribution in [0.2, 0.25) is 0 Å². The minimum Gasteiger partial charge on any atom is -0.488 e. The Morgan fingerprint density at radius 2 is 1.67 bits per heavy atom. The first-order chi connectivity index (χ1) is 10.2. The largest absolute Gasteiger partial charge is 0.488 e. The van der Waals surface area contributed by atoms with Crippen molar-refractivity contribution in [2.75, 3.05) is 0 Å². The molecule has 3 heteroatoms. The Morgan fingerprint density at radius 1 is 0.952 bits per heavy atom. The molecule has 0 radical (unpaired) electrons. The summed E-state index contributed by atoms with van der Waals surface area (Å²) < 4.78 is 5.83. The van der Waals surface area contributed by atoms with E-state index in [-0.39, 0.29) is 5.56 Å². The number of carbonyl (C=O) groups is 1. The van der Waals surface area contributed by atoms with Gasteiger partial charge >= 0.3 is 5.97 Å². The van der Waals surface area contributed by atoms with E-state index < -0.39 is 5.97 Å². The summed E-state index contributed by atoms with van der Waals surface area (Å²) in [6, 6.07) is 20.7. The zero-order valence-electron chi connectivity index (χ0n) is 11.3. The number of rotatable bonds is 4. The second-order valence-corrected chi connectivity index (χ2v) is 4.77. The first-order valence-electron chi connectivity index (χ1n) is 6.67. The minimum atomic E-state index is -0.953. The number of aromatic carboxylic acids is 1. The molecule has 1 N–H and O–H groups in total. The molecule has 0 heterocycles. The lowest BCUT2D eigenvalue weighted by Gasteiger charge is -2.11. The van der Waals surface area contributed by atoms with Crippen molar-refractivity contribution in [2.45, 2.75) is 6.61 Å². The van der Waals surface area contributed by atoms with E-state index in [2.05, 4.69) is 0 Å². The Bertz CT molecular complexity index is 779. The van der Waals surface area contributed by atoms with Crippen LogP contribution in [-0.4, -0.2) is 11.1 Å². The number of benzene rings is 3. The second-order valence-electron chi connectivity index (χ2n) is 4.77. The summed E-state index contributed by atoms with van der Waals surface area (Å²) >= 11 is 0. The average Bonchev–Trinajstić information content (AvgIpc) is 2.53. The van der Waals surface area contributed by atoms with Crippen LogP contribution in [0.25, 0.3) is 10.8 Å². The molecular weight excluding hydrogens is 264 g/mol. The summed E-state index contributed by atoms with van der Waals surface area (Å²) in [6.45, 7) is 0.411. The molecule has 0 saturated carbocycles. The first kappa shape index (κ1) is 13.2. The number of fused-ring (bicyclic) bond motifs is 1. The van der Waals surface area contributed by atoms with Gasteiger partial charge in [-0.15, -0.1) is 0 Å². The third-order valence-electron chi connectivity index (χ3n) is 3.31. The van der Waals surface area contributed by atoms with E-state index in [9.17, 15) is 9.90 Å². The average molecular weight is 278 g/mol. The van der Waals surface area contributed by atoms with Gasteiger partial charge < -0.3 is 9.84 Å². The molecule has 0 bridgehead atoms. The molecule has 0 aliphatic rings. The quantitative estimate of drug-likeness (QED) is 0.781. The summed E-state index contributed by atoms with van der Waals surface area (Å²) in [4.78, 5) is 11.2. The fourth-order valence-electron chi connectivity index (χ4n) is 2.25. The molecule has 0 aliphatic heterocycles. The Morgan fingerprint density at radius 3 is 2.43 bits per heavy atom. The summed E-state index contributed by atoms with van der Waals surface area (Å²) in [5, 5.41) is 11.0. The highest BCUT2D eigenvalue weighted by Gasteiger charge is 2.10. The van der Waals surface area contributed by atoms with Crippen molar-refractivity contribution < 1.29 is 14.6 Å². The highest BCUT2D eigenvalue weighted by molar-refractivity contribution is 5.97. The van der Waals surface area contributed by atoms with Gasteiger partial charge in [0.2, 0.25) is 0 Å². The van der Waals surface area contributed by atoms with Crippen LogP contribution in [0.4, 0.5) is 0 Å². The molecule has 0 unspecified atom stereocenters. The fraction of sp³-hybridized carbons (Fsp3) is 0.0556. The number of carboxylic acids is 1. The monoisotopic (exact) mass is 278 g/mol. The molecule has 3 aromatic rings. The maximum absolute atomic E-state index is 11.2. The molecule has 3 aromatic carbocycles. The summed E-state index contributed by atoms with van der Waals surface area (Å²) in [6.07, 6.45) is 0. The third kappa shape index (κ3) is 2.87. The molecule has 0 spiro atoms.